The van der Waals surface area contributed by atoms with Gasteiger partial charge in [0.15, 0.2) is 5.58 Å². The first-order valence-corrected chi connectivity index (χ1v) is 7.96. The van der Waals surface area contributed by atoms with Crippen molar-refractivity contribution >= 4 is 16.9 Å². The second kappa shape index (κ2) is 4.81. The summed E-state index contributed by atoms with van der Waals surface area (Å²) in [6.45, 7) is 6.77. The normalized spacial score (nSPS) is 29.6. The van der Waals surface area contributed by atoms with Crippen LogP contribution in [0.3, 0.4) is 0 Å². The predicted octanol–water partition coefficient (Wildman–Crippen LogP) is 2.43. The number of carbonyl (C=O) groups excluding carboxylic acids is 1. The average Bonchev–Trinajstić information content (AvgIpc) is 2.98. The summed E-state index contributed by atoms with van der Waals surface area (Å²) in [5.41, 5.74) is 1.31. The third kappa shape index (κ3) is 2.03. The van der Waals surface area contributed by atoms with E-state index >= 15 is 0 Å². The van der Waals surface area contributed by atoms with Crippen molar-refractivity contribution in [3.63, 3.8) is 0 Å². The highest BCUT2D eigenvalue weighted by Crippen LogP contribution is 2.39. The molecular formula is C17H21N3O2. The molecule has 2 bridgehead atoms. The van der Waals surface area contributed by atoms with E-state index in [4.69, 9.17) is 4.52 Å². The van der Waals surface area contributed by atoms with Crippen LogP contribution in [0.1, 0.15) is 37.0 Å². The molecule has 1 aromatic carbocycles. The van der Waals surface area contributed by atoms with Gasteiger partial charge in [-0.25, -0.2) is 0 Å². The van der Waals surface area contributed by atoms with E-state index in [2.05, 4.69) is 29.2 Å². The highest BCUT2D eigenvalue weighted by Gasteiger charge is 2.48. The number of nitrogens with zero attached hydrogens (tertiary/aromatic N) is 2. The van der Waals surface area contributed by atoms with Gasteiger partial charge in [0, 0.05) is 22.5 Å². The summed E-state index contributed by atoms with van der Waals surface area (Å²) in [4.78, 5) is 15.1. The first-order valence-electron chi connectivity index (χ1n) is 7.96. The highest BCUT2D eigenvalue weighted by atomic mass is 16.5. The fourth-order valence-electron chi connectivity index (χ4n) is 4.10. The maximum Gasteiger partial charge on any atom is 0.251 e. The molecule has 22 heavy (non-hydrogen) atoms. The van der Waals surface area contributed by atoms with E-state index in [0.29, 0.717) is 17.1 Å². The second-order valence-corrected chi connectivity index (χ2v) is 7.01. The van der Waals surface area contributed by atoms with Crippen LogP contribution < -0.4 is 5.32 Å². The minimum Gasteiger partial charge on any atom is -0.356 e. The van der Waals surface area contributed by atoms with E-state index < -0.39 is 0 Å². The summed E-state index contributed by atoms with van der Waals surface area (Å²) in [5.74, 6) is 0.558. The Morgan fingerprint density at radius 2 is 2.14 bits per heavy atom. The molecule has 5 heteroatoms. The van der Waals surface area contributed by atoms with Crippen molar-refractivity contribution in [2.75, 3.05) is 13.1 Å². The maximum atomic E-state index is 12.7. The number of amides is 1. The van der Waals surface area contributed by atoms with Gasteiger partial charge in [0.05, 0.1) is 6.20 Å². The Bertz CT molecular complexity index is 714. The van der Waals surface area contributed by atoms with Crippen LogP contribution in [-0.2, 0) is 0 Å². The molecule has 5 nitrogen and oxygen atoms in total. The van der Waals surface area contributed by atoms with Crippen molar-refractivity contribution in [1.82, 2.24) is 15.4 Å². The first kappa shape index (κ1) is 13.8. The Hall–Kier alpha value is -1.88. The molecule has 116 valence electrons. The van der Waals surface area contributed by atoms with Crippen molar-refractivity contribution in [2.45, 2.75) is 38.3 Å². The van der Waals surface area contributed by atoms with Crippen molar-refractivity contribution in [3.05, 3.63) is 30.0 Å². The number of benzene rings is 1. The average molecular weight is 299 g/mol. The number of carbonyl (C=O) groups is 1. The van der Waals surface area contributed by atoms with Gasteiger partial charge in [-0.1, -0.05) is 5.16 Å². The van der Waals surface area contributed by atoms with E-state index in [1.807, 2.05) is 12.1 Å². The molecule has 0 aliphatic carbocycles. The highest BCUT2D eigenvalue weighted by molar-refractivity contribution is 5.97. The summed E-state index contributed by atoms with van der Waals surface area (Å²) in [6, 6.07) is 5.69. The Kier molecular flexibility index (Phi) is 3.01. The number of piperidine rings is 3. The number of aromatic nitrogens is 1. The monoisotopic (exact) mass is 299 g/mol. The molecule has 0 radical (unpaired) electrons. The molecule has 0 spiro atoms. The number of nitrogens with one attached hydrogen (secondary N) is 1. The zero-order valence-electron chi connectivity index (χ0n) is 13.0. The SMILES string of the molecule is CC1(C)C(NC(=O)c2ccc3cnoc3c2)C2CCN1CC2. The molecule has 3 aliphatic heterocycles. The minimum atomic E-state index is -0.0230. The molecule has 1 amide bonds. The van der Waals surface area contributed by atoms with Crippen molar-refractivity contribution in [1.29, 1.82) is 0 Å². The van der Waals surface area contributed by atoms with E-state index in [1.165, 1.54) is 12.8 Å². The standard InChI is InChI=1S/C17H21N3O2/c1-17(2)15(11-5-7-20(17)8-6-11)19-16(21)12-3-4-13-10-18-22-14(13)9-12/h3-4,9-11,15H,5-8H2,1-2H3,(H,19,21). The van der Waals surface area contributed by atoms with Crippen molar-refractivity contribution < 1.29 is 9.32 Å². The van der Waals surface area contributed by atoms with E-state index in [9.17, 15) is 4.79 Å². The van der Waals surface area contributed by atoms with Gasteiger partial charge in [0.1, 0.15) is 0 Å². The summed E-state index contributed by atoms with van der Waals surface area (Å²) in [5, 5.41) is 7.95. The van der Waals surface area contributed by atoms with Crippen LogP contribution in [-0.4, -0.2) is 40.6 Å². The summed E-state index contributed by atoms with van der Waals surface area (Å²) in [6.07, 6.45) is 4.01. The lowest BCUT2D eigenvalue weighted by molar-refractivity contribution is -0.0378. The molecule has 1 aromatic heterocycles. The fourth-order valence-corrected chi connectivity index (χ4v) is 4.10. The van der Waals surface area contributed by atoms with Crippen LogP contribution in [0.2, 0.25) is 0 Å². The van der Waals surface area contributed by atoms with Crippen molar-refractivity contribution in [2.24, 2.45) is 5.92 Å². The van der Waals surface area contributed by atoms with Gasteiger partial charge < -0.3 is 9.84 Å². The molecule has 3 fully saturated rings. The third-order valence-corrected chi connectivity index (χ3v) is 5.49. The van der Waals surface area contributed by atoms with Crippen LogP contribution in [0.25, 0.3) is 11.0 Å². The Labute approximate surface area is 129 Å². The maximum absolute atomic E-state index is 12.7. The lowest BCUT2D eigenvalue weighted by Crippen LogP contribution is -2.69. The van der Waals surface area contributed by atoms with Gasteiger partial charge >= 0.3 is 0 Å². The molecule has 4 heterocycles. The summed E-state index contributed by atoms with van der Waals surface area (Å²) >= 11 is 0. The van der Waals surface area contributed by atoms with E-state index in [-0.39, 0.29) is 17.5 Å². The second-order valence-electron chi connectivity index (χ2n) is 7.01. The lowest BCUT2D eigenvalue weighted by atomic mass is 9.72. The molecule has 3 aliphatic rings. The first-order chi connectivity index (χ1) is 10.6. The lowest BCUT2D eigenvalue weighted by Gasteiger charge is -2.56. The molecule has 0 saturated carbocycles. The van der Waals surface area contributed by atoms with Gasteiger partial charge in [0.25, 0.3) is 5.91 Å². The van der Waals surface area contributed by atoms with Gasteiger partial charge in [-0.3, -0.25) is 9.69 Å². The van der Waals surface area contributed by atoms with Crippen LogP contribution in [0.4, 0.5) is 0 Å². The number of fused-ring (bicyclic) bond motifs is 4. The topological polar surface area (TPSA) is 58.4 Å². The number of hydrogen-bond donors (Lipinski definition) is 1. The largest absolute Gasteiger partial charge is 0.356 e. The van der Waals surface area contributed by atoms with E-state index in [0.717, 1.165) is 18.5 Å². The fraction of sp³-hybridized carbons (Fsp3) is 0.529. The van der Waals surface area contributed by atoms with Gasteiger partial charge in [0.2, 0.25) is 0 Å². The van der Waals surface area contributed by atoms with Crippen LogP contribution >= 0.6 is 0 Å². The molecule has 1 atom stereocenters. The van der Waals surface area contributed by atoms with Gasteiger partial charge in [-0.15, -0.1) is 0 Å². The molecule has 2 aromatic rings. The Balaban J connectivity index is 1.58. The molecule has 5 rings (SSSR count). The van der Waals surface area contributed by atoms with Crippen molar-refractivity contribution in [3.8, 4) is 0 Å². The van der Waals surface area contributed by atoms with Crippen LogP contribution in [0.5, 0.6) is 0 Å². The molecule has 1 unspecified atom stereocenters. The number of rotatable bonds is 2. The minimum absolute atomic E-state index is 0.0210. The predicted molar refractivity (Wildman–Crippen MR) is 83.6 cm³/mol. The smallest absolute Gasteiger partial charge is 0.251 e. The van der Waals surface area contributed by atoms with E-state index in [1.54, 1.807) is 12.3 Å². The zero-order chi connectivity index (χ0) is 15.3. The number of hydrogen-bond acceptors (Lipinski definition) is 4. The molecule has 1 N–H and O–H groups in total. The van der Waals surface area contributed by atoms with Gasteiger partial charge in [-0.05, 0) is 63.9 Å². The third-order valence-electron chi connectivity index (χ3n) is 5.49. The van der Waals surface area contributed by atoms with Gasteiger partial charge in [-0.2, -0.15) is 0 Å². The summed E-state index contributed by atoms with van der Waals surface area (Å²) < 4.78 is 5.15. The van der Waals surface area contributed by atoms with Crippen LogP contribution in [0.15, 0.2) is 28.9 Å². The Morgan fingerprint density at radius 1 is 1.36 bits per heavy atom. The quantitative estimate of drug-likeness (QED) is 0.925. The molecule has 3 saturated heterocycles. The van der Waals surface area contributed by atoms with Crippen LogP contribution in [0, 0.1) is 5.92 Å². The zero-order valence-corrected chi connectivity index (χ0v) is 13.0. The Morgan fingerprint density at radius 3 is 2.86 bits per heavy atom. The summed E-state index contributed by atoms with van der Waals surface area (Å²) in [7, 11) is 0. The molecular weight excluding hydrogens is 278 g/mol.